The highest BCUT2D eigenvalue weighted by molar-refractivity contribution is 6.34. The van der Waals surface area contributed by atoms with Gasteiger partial charge in [0.15, 0.2) is 0 Å². The summed E-state index contributed by atoms with van der Waals surface area (Å²) < 4.78 is 50.4. The molecule has 4 rings (SSSR count). The summed E-state index contributed by atoms with van der Waals surface area (Å²) in [6, 6.07) is 13.1. The molecule has 0 atom stereocenters. The predicted molar refractivity (Wildman–Crippen MR) is 154 cm³/mol. The van der Waals surface area contributed by atoms with Gasteiger partial charge in [0.05, 0.1) is 28.5 Å². The lowest BCUT2D eigenvalue weighted by atomic mass is 10.1. The molecule has 3 N–H and O–H groups in total. The van der Waals surface area contributed by atoms with Crippen LogP contribution in [0.3, 0.4) is 0 Å². The van der Waals surface area contributed by atoms with Gasteiger partial charge in [-0.15, -0.1) is 0 Å². The number of halogens is 1. The molecule has 0 unspecified atom stereocenters. The van der Waals surface area contributed by atoms with Gasteiger partial charge in [-0.1, -0.05) is 23.7 Å². The topological polar surface area (TPSA) is 121 Å². The normalized spacial score (nSPS) is 14.0. The van der Waals surface area contributed by atoms with Gasteiger partial charge in [-0.25, -0.2) is 9.97 Å². The fourth-order valence-corrected chi connectivity index (χ4v) is 3.74. The smallest absolute Gasteiger partial charge is 0.274 e. The van der Waals surface area contributed by atoms with Crippen molar-refractivity contribution in [2.45, 2.75) is 6.92 Å². The zero-order chi connectivity index (χ0) is 32.8. The first-order valence-corrected chi connectivity index (χ1v) is 12.1. The third kappa shape index (κ3) is 7.28. The Hall–Kier alpha value is -4.54. The Morgan fingerprint density at radius 1 is 1.08 bits per heavy atom. The van der Waals surface area contributed by atoms with Crippen LogP contribution in [-0.4, -0.2) is 58.8 Å². The van der Waals surface area contributed by atoms with Crippen molar-refractivity contribution in [1.82, 2.24) is 19.9 Å². The molecule has 0 saturated heterocycles. The maximum Gasteiger partial charge on any atom is 0.274 e. The van der Waals surface area contributed by atoms with Crippen LogP contribution in [0.5, 0.6) is 5.75 Å². The molecular weight excluding hydrogens is 518 g/mol. The molecule has 0 saturated carbocycles. The van der Waals surface area contributed by atoms with Crippen molar-refractivity contribution in [3.8, 4) is 5.75 Å². The number of anilines is 4. The second-order valence-electron chi connectivity index (χ2n) is 8.01. The number of ether oxygens (including phenoxy) is 1. The van der Waals surface area contributed by atoms with E-state index in [0.29, 0.717) is 38.7 Å². The van der Waals surface area contributed by atoms with Gasteiger partial charge in [-0.3, -0.25) is 14.6 Å². The molecule has 0 radical (unpaired) electrons. The van der Waals surface area contributed by atoms with Gasteiger partial charge in [-0.2, -0.15) is 0 Å². The number of hydrogen-bond acceptors (Lipinski definition) is 8. The second kappa shape index (κ2) is 12.8. The second-order valence-corrected chi connectivity index (χ2v) is 8.42. The molecule has 200 valence electrons. The van der Waals surface area contributed by atoms with E-state index in [4.69, 9.17) is 24.6 Å². The van der Waals surface area contributed by atoms with Crippen LogP contribution in [0.25, 0.3) is 10.9 Å². The molecule has 39 heavy (non-hydrogen) atoms. The van der Waals surface area contributed by atoms with Crippen molar-refractivity contribution in [3.63, 3.8) is 0 Å². The number of aromatic nitrogens is 3. The number of amides is 2. The van der Waals surface area contributed by atoms with Crippen LogP contribution in [0.2, 0.25) is 5.02 Å². The number of likely N-dealkylation sites (N-methyl/N-ethyl adjacent to an activating group) is 1. The van der Waals surface area contributed by atoms with Crippen LogP contribution < -0.4 is 20.7 Å². The minimum absolute atomic E-state index is 0.237. The number of pyridine rings is 1. The maximum absolute atomic E-state index is 12.7. The number of carbonyl (C=O) groups excluding carboxylic acids is 2. The van der Waals surface area contributed by atoms with E-state index in [9.17, 15) is 9.59 Å². The Kier molecular flexibility index (Phi) is 6.71. The molecule has 0 aliphatic heterocycles. The Labute approximate surface area is 239 Å². The number of hydrogen-bond donors (Lipinski definition) is 3. The fourth-order valence-electron chi connectivity index (χ4n) is 3.51. The molecule has 0 fully saturated rings. The van der Waals surface area contributed by atoms with Gasteiger partial charge in [0.2, 0.25) is 5.91 Å². The number of fused-ring (bicyclic) bond motifs is 1. The number of nitrogens with one attached hydrogen (secondary N) is 3. The minimum Gasteiger partial charge on any atom is -0.492 e. The summed E-state index contributed by atoms with van der Waals surface area (Å²) in [5.74, 6) is -0.366. The van der Waals surface area contributed by atoms with Crippen LogP contribution in [0, 0.1) is 0 Å². The van der Waals surface area contributed by atoms with Crippen molar-refractivity contribution < 1.29 is 22.6 Å². The third-order valence-electron chi connectivity index (χ3n) is 5.23. The zero-order valence-corrected chi connectivity index (χ0v) is 21.5. The third-order valence-corrected chi connectivity index (χ3v) is 5.54. The maximum atomic E-state index is 12.7. The quantitative estimate of drug-likeness (QED) is 0.232. The first-order chi connectivity index (χ1) is 21.3. The Balaban J connectivity index is 1.55. The Morgan fingerprint density at radius 3 is 2.69 bits per heavy atom. The average Bonchev–Trinajstić information content (AvgIpc) is 2.96. The number of rotatable bonds is 10. The molecule has 4 aromatic rings. The number of carbonyl (C=O) groups is 2. The molecule has 0 bridgehead atoms. The molecule has 0 aliphatic rings. The van der Waals surface area contributed by atoms with Crippen molar-refractivity contribution in [2.75, 3.05) is 43.1 Å². The molecular formula is C28H28ClN7O3. The summed E-state index contributed by atoms with van der Waals surface area (Å²) in [7, 11) is 0. The van der Waals surface area contributed by atoms with Crippen LogP contribution in [0.15, 0.2) is 73.2 Å². The molecule has 2 amide bonds. The van der Waals surface area contributed by atoms with E-state index in [1.54, 1.807) is 55.5 Å². The SMILES string of the molecule is [2H]C([2H])([2H])N(C/C=C/C(=O)Nc1cc2c(Nc3ccc(NC(=O)c4ccccn4)c(Cl)c3)ncnc2cc1OCC)C([2H])([2H])[2H]. The molecule has 2 heterocycles. The molecule has 2 aromatic heterocycles. The Bertz CT molecular complexity index is 1710. The average molecular weight is 552 g/mol. The van der Waals surface area contributed by atoms with E-state index < -0.39 is 32.3 Å². The highest BCUT2D eigenvalue weighted by Gasteiger charge is 2.14. The van der Waals surface area contributed by atoms with Gasteiger partial charge in [0.1, 0.15) is 23.6 Å². The molecule has 0 aliphatic carbocycles. The van der Waals surface area contributed by atoms with Crippen LogP contribution >= 0.6 is 11.6 Å². The van der Waals surface area contributed by atoms with Gasteiger partial charge in [0, 0.05) is 44.2 Å². The number of benzene rings is 2. The summed E-state index contributed by atoms with van der Waals surface area (Å²) in [5, 5.41) is 9.34. The molecule has 0 spiro atoms. The lowest BCUT2D eigenvalue weighted by molar-refractivity contribution is -0.111. The van der Waals surface area contributed by atoms with E-state index in [0.717, 1.165) is 12.2 Å². The Morgan fingerprint density at radius 2 is 1.95 bits per heavy atom. The zero-order valence-electron chi connectivity index (χ0n) is 26.7. The van der Waals surface area contributed by atoms with Crippen molar-refractivity contribution in [1.29, 1.82) is 0 Å². The van der Waals surface area contributed by atoms with E-state index >= 15 is 0 Å². The lowest BCUT2D eigenvalue weighted by Gasteiger charge is -2.15. The van der Waals surface area contributed by atoms with E-state index in [-0.39, 0.29) is 23.0 Å². The monoisotopic (exact) mass is 551 g/mol. The first-order valence-electron chi connectivity index (χ1n) is 14.7. The summed E-state index contributed by atoms with van der Waals surface area (Å²) in [6.07, 6.45) is 5.06. The van der Waals surface area contributed by atoms with Crippen LogP contribution in [-0.2, 0) is 4.79 Å². The van der Waals surface area contributed by atoms with Crippen molar-refractivity contribution in [3.05, 3.63) is 83.9 Å². The van der Waals surface area contributed by atoms with Gasteiger partial charge in [-0.05, 0) is 57.3 Å². The summed E-state index contributed by atoms with van der Waals surface area (Å²) in [5.41, 5.74) is 1.94. The van der Waals surface area contributed by atoms with Gasteiger partial charge < -0.3 is 25.6 Å². The lowest BCUT2D eigenvalue weighted by Crippen LogP contribution is -2.13. The highest BCUT2D eigenvalue weighted by atomic mass is 35.5. The van der Waals surface area contributed by atoms with Gasteiger partial charge >= 0.3 is 0 Å². The van der Waals surface area contributed by atoms with Crippen LogP contribution in [0.4, 0.5) is 22.9 Å². The standard InChI is InChI=1S/C28H28ClN7O3/c1-4-39-25-16-23-19(15-24(25)34-26(37)9-7-13-36(2)3)27(32-17-31-23)33-18-10-11-21(20(29)14-18)35-28(38)22-8-5-6-12-30-22/h5-12,14-17H,4,13H2,1-3H3,(H,34,37)(H,35,38)(H,31,32,33)/b9-7+/i2D3,3D3. The summed E-state index contributed by atoms with van der Waals surface area (Å²) in [6.45, 7) is -4.21. The molecule has 2 aromatic carbocycles. The summed E-state index contributed by atoms with van der Waals surface area (Å²) >= 11 is 6.45. The molecule has 10 nitrogen and oxygen atoms in total. The van der Waals surface area contributed by atoms with Crippen molar-refractivity contribution >= 4 is 57.2 Å². The van der Waals surface area contributed by atoms with E-state index in [2.05, 4.69) is 30.9 Å². The first kappa shape index (κ1) is 20.4. The van der Waals surface area contributed by atoms with E-state index in [1.165, 1.54) is 12.5 Å². The number of nitrogens with zero attached hydrogens (tertiary/aromatic N) is 4. The van der Waals surface area contributed by atoms with Crippen molar-refractivity contribution in [2.24, 2.45) is 0 Å². The van der Waals surface area contributed by atoms with Gasteiger partial charge in [0.25, 0.3) is 5.91 Å². The minimum atomic E-state index is -2.88. The summed E-state index contributed by atoms with van der Waals surface area (Å²) in [4.78, 5) is 38.2. The van der Waals surface area contributed by atoms with E-state index in [1.807, 2.05) is 0 Å². The largest absolute Gasteiger partial charge is 0.492 e. The highest BCUT2D eigenvalue weighted by Crippen LogP contribution is 2.34. The molecule has 11 heteroatoms. The fraction of sp³-hybridized carbons (Fsp3) is 0.179. The van der Waals surface area contributed by atoms with Crippen LogP contribution in [0.1, 0.15) is 25.6 Å². The predicted octanol–water partition coefficient (Wildman–Crippen LogP) is 5.13.